The monoisotopic (exact) mass is 323 g/mol. The highest BCUT2D eigenvalue weighted by Crippen LogP contribution is 2.41. The normalized spacial score (nSPS) is 10.3. The summed E-state index contributed by atoms with van der Waals surface area (Å²) >= 11 is 3.46. The molecule has 0 saturated heterocycles. The highest BCUT2D eigenvalue weighted by Gasteiger charge is 2.15. The fourth-order valence-corrected chi connectivity index (χ4v) is 2.50. The summed E-state index contributed by atoms with van der Waals surface area (Å²) in [6.07, 6.45) is 0. The van der Waals surface area contributed by atoms with Gasteiger partial charge >= 0.3 is 0 Å². The van der Waals surface area contributed by atoms with E-state index in [1.54, 1.807) is 27.2 Å². The summed E-state index contributed by atoms with van der Waals surface area (Å²) in [6, 6.07) is 5.43. The molecule has 0 radical (unpaired) electrons. The van der Waals surface area contributed by atoms with E-state index in [-0.39, 0.29) is 0 Å². The fourth-order valence-electron chi connectivity index (χ4n) is 1.83. The highest BCUT2D eigenvalue weighted by atomic mass is 79.9. The van der Waals surface area contributed by atoms with Crippen LogP contribution in [0.1, 0.15) is 5.82 Å². The van der Waals surface area contributed by atoms with E-state index in [0.29, 0.717) is 28.8 Å². The minimum absolute atomic E-state index is 0.427. The number of aromatic nitrogens is 2. The first-order valence-electron chi connectivity index (χ1n) is 5.58. The van der Waals surface area contributed by atoms with E-state index in [4.69, 9.17) is 15.2 Å². The third kappa shape index (κ3) is 2.63. The van der Waals surface area contributed by atoms with Gasteiger partial charge in [-0.2, -0.15) is 0 Å². The molecule has 19 heavy (non-hydrogen) atoms. The summed E-state index contributed by atoms with van der Waals surface area (Å²) in [5.74, 6) is 2.39. The lowest BCUT2D eigenvalue weighted by Crippen LogP contribution is -1.99. The molecule has 100 valence electrons. The van der Waals surface area contributed by atoms with Crippen molar-refractivity contribution >= 4 is 21.7 Å². The van der Waals surface area contributed by atoms with Crippen LogP contribution in [0.4, 0.5) is 5.82 Å². The van der Waals surface area contributed by atoms with Crippen LogP contribution in [0.25, 0.3) is 11.3 Å². The van der Waals surface area contributed by atoms with Gasteiger partial charge in [0.2, 0.25) is 0 Å². The van der Waals surface area contributed by atoms with E-state index in [2.05, 4.69) is 25.9 Å². The minimum Gasteiger partial charge on any atom is -0.495 e. The summed E-state index contributed by atoms with van der Waals surface area (Å²) < 4.78 is 11.4. The molecule has 2 N–H and O–H groups in total. The summed E-state index contributed by atoms with van der Waals surface area (Å²) in [5.41, 5.74) is 7.29. The van der Waals surface area contributed by atoms with E-state index in [0.717, 1.165) is 10.0 Å². The van der Waals surface area contributed by atoms with Crippen LogP contribution in [0.3, 0.4) is 0 Å². The quantitative estimate of drug-likeness (QED) is 0.940. The molecular weight excluding hydrogens is 310 g/mol. The first-order chi connectivity index (χ1) is 9.06. The van der Waals surface area contributed by atoms with Crippen molar-refractivity contribution in [1.82, 2.24) is 9.97 Å². The van der Waals surface area contributed by atoms with Gasteiger partial charge in [0, 0.05) is 11.6 Å². The number of methoxy groups -OCH3 is 2. The molecule has 0 aliphatic carbocycles. The average molecular weight is 324 g/mol. The topological polar surface area (TPSA) is 70.3 Å². The Morgan fingerprint density at radius 1 is 1.16 bits per heavy atom. The number of rotatable bonds is 3. The molecule has 0 unspecified atom stereocenters. The number of hydrogen-bond acceptors (Lipinski definition) is 5. The highest BCUT2D eigenvalue weighted by molar-refractivity contribution is 9.10. The second kappa shape index (κ2) is 5.44. The van der Waals surface area contributed by atoms with Crippen LogP contribution in [0.15, 0.2) is 22.7 Å². The number of nitrogen functional groups attached to an aromatic ring is 1. The van der Waals surface area contributed by atoms with Crippen LogP contribution >= 0.6 is 15.9 Å². The molecule has 6 heteroatoms. The minimum atomic E-state index is 0.427. The maximum Gasteiger partial charge on any atom is 0.146 e. The number of anilines is 1. The zero-order valence-corrected chi connectivity index (χ0v) is 12.5. The van der Waals surface area contributed by atoms with Crippen LogP contribution in [0, 0.1) is 6.92 Å². The van der Waals surface area contributed by atoms with Gasteiger partial charge in [0.15, 0.2) is 0 Å². The first kappa shape index (κ1) is 13.6. The average Bonchev–Trinajstić information content (AvgIpc) is 2.37. The number of nitrogens with zero attached hydrogens (tertiary/aromatic N) is 2. The molecule has 1 aromatic heterocycles. The molecule has 0 bridgehead atoms. The van der Waals surface area contributed by atoms with Gasteiger partial charge in [-0.3, -0.25) is 0 Å². The summed E-state index contributed by atoms with van der Waals surface area (Å²) in [4.78, 5) is 8.44. The van der Waals surface area contributed by atoms with Gasteiger partial charge in [-0.1, -0.05) is 0 Å². The molecule has 0 amide bonds. The molecule has 2 rings (SSSR count). The Hall–Kier alpha value is -1.82. The molecule has 0 saturated carbocycles. The zero-order valence-electron chi connectivity index (χ0n) is 10.9. The van der Waals surface area contributed by atoms with E-state index in [1.165, 1.54) is 0 Å². The molecular formula is C13H14BrN3O2. The zero-order chi connectivity index (χ0) is 14.0. The lowest BCUT2D eigenvalue weighted by molar-refractivity contribution is 0.390. The first-order valence-corrected chi connectivity index (χ1v) is 6.38. The van der Waals surface area contributed by atoms with Gasteiger partial charge in [-0.25, -0.2) is 9.97 Å². The van der Waals surface area contributed by atoms with Crippen LogP contribution in [0.2, 0.25) is 0 Å². The Labute approximate surface area is 119 Å². The van der Waals surface area contributed by atoms with Gasteiger partial charge < -0.3 is 15.2 Å². The van der Waals surface area contributed by atoms with Crippen molar-refractivity contribution < 1.29 is 9.47 Å². The number of aryl methyl sites for hydroxylation is 1. The Morgan fingerprint density at radius 2 is 1.89 bits per heavy atom. The lowest BCUT2D eigenvalue weighted by Gasteiger charge is -2.13. The van der Waals surface area contributed by atoms with Gasteiger partial charge in [-0.05, 0) is 35.0 Å². The predicted molar refractivity (Wildman–Crippen MR) is 77.4 cm³/mol. The van der Waals surface area contributed by atoms with E-state index < -0.39 is 0 Å². The molecule has 0 aliphatic rings. The van der Waals surface area contributed by atoms with E-state index in [1.807, 2.05) is 12.1 Å². The van der Waals surface area contributed by atoms with Gasteiger partial charge in [0.05, 0.1) is 19.9 Å². The summed E-state index contributed by atoms with van der Waals surface area (Å²) in [7, 11) is 3.20. The molecule has 1 aromatic carbocycles. The van der Waals surface area contributed by atoms with E-state index >= 15 is 0 Å². The van der Waals surface area contributed by atoms with Gasteiger partial charge in [0.25, 0.3) is 0 Å². The van der Waals surface area contributed by atoms with Crippen molar-refractivity contribution in [2.75, 3.05) is 20.0 Å². The molecule has 5 nitrogen and oxygen atoms in total. The third-order valence-corrected chi connectivity index (χ3v) is 3.37. The number of nitrogens with two attached hydrogens (primary N) is 1. The third-order valence-electron chi connectivity index (χ3n) is 2.62. The largest absolute Gasteiger partial charge is 0.495 e. The Kier molecular flexibility index (Phi) is 3.90. The smallest absolute Gasteiger partial charge is 0.146 e. The van der Waals surface area contributed by atoms with Crippen molar-refractivity contribution in [2.45, 2.75) is 6.92 Å². The van der Waals surface area contributed by atoms with Gasteiger partial charge in [0.1, 0.15) is 27.6 Å². The standard InChI is InChI=1S/C13H14BrN3O2/c1-7-16-9(6-11(15)17-7)8-4-5-10(18-2)12(14)13(8)19-3/h4-6H,1-3H3,(H2,15,16,17). The van der Waals surface area contributed by atoms with Crippen molar-refractivity contribution in [1.29, 1.82) is 0 Å². The molecule has 2 aromatic rings. The fraction of sp³-hybridized carbons (Fsp3) is 0.231. The van der Waals surface area contributed by atoms with Crippen molar-refractivity contribution in [3.05, 3.63) is 28.5 Å². The predicted octanol–water partition coefficient (Wildman–Crippen LogP) is 2.81. The number of hydrogen-bond donors (Lipinski definition) is 1. The molecule has 0 spiro atoms. The van der Waals surface area contributed by atoms with Crippen LogP contribution in [-0.2, 0) is 0 Å². The number of halogens is 1. The number of benzene rings is 1. The summed E-state index contributed by atoms with van der Waals surface area (Å²) in [6.45, 7) is 1.80. The molecule has 0 aliphatic heterocycles. The van der Waals surface area contributed by atoms with Crippen LogP contribution in [-0.4, -0.2) is 24.2 Å². The maximum atomic E-state index is 5.75. The Bertz CT molecular complexity index is 597. The SMILES string of the molecule is COc1ccc(-c2cc(N)nc(C)n2)c(OC)c1Br. The van der Waals surface area contributed by atoms with Crippen LogP contribution < -0.4 is 15.2 Å². The molecule has 0 atom stereocenters. The van der Waals surface area contributed by atoms with Crippen LogP contribution in [0.5, 0.6) is 11.5 Å². The van der Waals surface area contributed by atoms with E-state index in [9.17, 15) is 0 Å². The summed E-state index contributed by atoms with van der Waals surface area (Å²) in [5, 5.41) is 0. The number of ether oxygens (including phenoxy) is 2. The second-order valence-electron chi connectivity index (χ2n) is 3.89. The molecule has 1 heterocycles. The van der Waals surface area contributed by atoms with Crippen molar-refractivity contribution in [3.8, 4) is 22.8 Å². The van der Waals surface area contributed by atoms with Crippen molar-refractivity contribution in [2.24, 2.45) is 0 Å². The maximum absolute atomic E-state index is 5.75. The van der Waals surface area contributed by atoms with Gasteiger partial charge in [-0.15, -0.1) is 0 Å². The second-order valence-corrected chi connectivity index (χ2v) is 4.68. The molecule has 0 fully saturated rings. The van der Waals surface area contributed by atoms with Crippen molar-refractivity contribution in [3.63, 3.8) is 0 Å². The Balaban J connectivity index is 2.65. The lowest BCUT2D eigenvalue weighted by atomic mass is 10.1. The Morgan fingerprint density at radius 3 is 2.47 bits per heavy atom.